The molecule has 18 heavy (non-hydrogen) atoms. The molecule has 0 aromatic carbocycles. The quantitative estimate of drug-likeness (QED) is 0.826. The fraction of sp³-hybridized carbons (Fsp3) is 1.00. The lowest BCUT2D eigenvalue weighted by molar-refractivity contribution is 0.172. The van der Waals surface area contributed by atoms with Gasteiger partial charge in [-0.25, -0.2) is 0 Å². The van der Waals surface area contributed by atoms with Crippen molar-refractivity contribution in [3.63, 3.8) is 0 Å². The number of likely N-dealkylation sites (tertiary alicyclic amines) is 1. The first kappa shape index (κ1) is 16.2. The van der Waals surface area contributed by atoms with E-state index in [1.165, 1.54) is 65.0 Å². The molecule has 1 atom stereocenters. The van der Waals surface area contributed by atoms with Crippen molar-refractivity contribution in [2.45, 2.75) is 38.6 Å². The highest BCUT2D eigenvalue weighted by atomic mass is 35.5. The highest BCUT2D eigenvalue weighted by Crippen LogP contribution is 2.19. The summed E-state index contributed by atoms with van der Waals surface area (Å²) in [5.74, 6) is 0.928. The molecule has 1 unspecified atom stereocenters. The van der Waals surface area contributed by atoms with Gasteiger partial charge in [0.2, 0.25) is 0 Å². The topological polar surface area (TPSA) is 18.5 Å². The molecule has 2 fully saturated rings. The molecule has 2 heterocycles. The summed E-state index contributed by atoms with van der Waals surface area (Å²) in [7, 11) is 2.31. The van der Waals surface area contributed by atoms with Crippen LogP contribution in [0.5, 0.6) is 0 Å². The van der Waals surface area contributed by atoms with E-state index in [9.17, 15) is 0 Å². The molecule has 2 rings (SSSR count). The lowest BCUT2D eigenvalue weighted by Gasteiger charge is -2.31. The van der Waals surface area contributed by atoms with E-state index in [-0.39, 0.29) is 12.4 Å². The third-order valence-corrected chi connectivity index (χ3v) is 4.46. The van der Waals surface area contributed by atoms with Crippen LogP contribution < -0.4 is 5.32 Å². The molecule has 0 aromatic heterocycles. The van der Waals surface area contributed by atoms with Gasteiger partial charge in [-0.2, -0.15) is 0 Å². The van der Waals surface area contributed by atoms with Gasteiger partial charge in [0.25, 0.3) is 0 Å². The maximum atomic E-state index is 3.45. The summed E-state index contributed by atoms with van der Waals surface area (Å²) in [6, 6.07) is 0.826. The minimum Gasteiger partial charge on any atom is -0.317 e. The van der Waals surface area contributed by atoms with Gasteiger partial charge in [-0.1, -0.05) is 6.92 Å². The Morgan fingerprint density at radius 3 is 2.56 bits per heavy atom. The highest BCUT2D eigenvalue weighted by Gasteiger charge is 2.25. The fourth-order valence-electron chi connectivity index (χ4n) is 3.46. The number of nitrogens with zero attached hydrogens (tertiary/aromatic N) is 2. The van der Waals surface area contributed by atoms with Crippen LogP contribution in [0.15, 0.2) is 0 Å². The molecule has 4 heteroatoms. The third kappa shape index (κ3) is 4.69. The van der Waals surface area contributed by atoms with E-state index >= 15 is 0 Å². The van der Waals surface area contributed by atoms with E-state index in [4.69, 9.17) is 0 Å². The summed E-state index contributed by atoms with van der Waals surface area (Å²) < 4.78 is 0. The van der Waals surface area contributed by atoms with Crippen LogP contribution in [0.2, 0.25) is 0 Å². The monoisotopic (exact) mass is 275 g/mol. The second-order valence-electron chi connectivity index (χ2n) is 5.84. The zero-order valence-electron chi connectivity index (χ0n) is 12.0. The van der Waals surface area contributed by atoms with E-state index in [0.717, 1.165) is 12.0 Å². The Kier molecular flexibility index (Phi) is 7.54. The van der Waals surface area contributed by atoms with Crippen molar-refractivity contribution in [3.8, 4) is 0 Å². The average Bonchev–Trinajstić information content (AvgIpc) is 2.77. The van der Waals surface area contributed by atoms with Gasteiger partial charge in [0.15, 0.2) is 0 Å². The van der Waals surface area contributed by atoms with Crippen LogP contribution in [-0.4, -0.2) is 62.2 Å². The van der Waals surface area contributed by atoms with Gasteiger partial charge in [0, 0.05) is 19.1 Å². The summed E-state index contributed by atoms with van der Waals surface area (Å²) in [6.07, 6.45) is 5.54. The van der Waals surface area contributed by atoms with Gasteiger partial charge in [-0.05, 0) is 64.8 Å². The minimum absolute atomic E-state index is 0. The van der Waals surface area contributed by atoms with E-state index in [1.807, 2.05) is 0 Å². The smallest absolute Gasteiger partial charge is 0.0223 e. The van der Waals surface area contributed by atoms with Crippen molar-refractivity contribution in [2.75, 3.05) is 46.3 Å². The molecular formula is C14H30ClN3. The molecule has 0 radical (unpaired) electrons. The normalized spacial score (nSPS) is 26.5. The van der Waals surface area contributed by atoms with Crippen molar-refractivity contribution in [3.05, 3.63) is 0 Å². The lowest BCUT2D eigenvalue weighted by Crippen LogP contribution is -2.41. The molecule has 0 spiro atoms. The molecule has 0 aliphatic carbocycles. The van der Waals surface area contributed by atoms with E-state index in [1.54, 1.807) is 0 Å². The summed E-state index contributed by atoms with van der Waals surface area (Å²) in [4.78, 5) is 5.23. The zero-order valence-corrected chi connectivity index (χ0v) is 12.8. The molecule has 3 nitrogen and oxygen atoms in total. The molecule has 0 saturated carbocycles. The van der Waals surface area contributed by atoms with Crippen molar-refractivity contribution < 1.29 is 0 Å². The van der Waals surface area contributed by atoms with Gasteiger partial charge >= 0.3 is 0 Å². The SMILES string of the molecule is CCN1CCCC1CN(C)CC1CCNCC1.Cl. The van der Waals surface area contributed by atoms with Crippen molar-refractivity contribution in [1.29, 1.82) is 0 Å². The average molecular weight is 276 g/mol. The van der Waals surface area contributed by atoms with Gasteiger partial charge in [0.05, 0.1) is 0 Å². The van der Waals surface area contributed by atoms with Crippen LogP contribution in [0.25, 0.3) is 0 Å². The second-order valence-corrected chi connectivity index (χ2v) is 5.84. The Bertz CT molecular complexity index is 219. The maximum Gasteiger partial charge on any atom is 0.0223 e. The van der Waals surface area contributed by atoms with Crippen molar-refractivity contribution in [1.82, 2.24) is 15.1 Å². The first-order chi connectivity index (χ1) is 8.29. The number of hydrogen-bond donors (Lipinski definition) is 1. The molecule has 108 valence electrons. The number of hydrogen-bond acceptors (Lipinski definition) is 3. The Balaban J connectivity index is 0.00000162. The number of likely N-dealkylation sites (N-methyl/N-ethyl adjacent to an activating group) is 2. The van der Waals surface area contributed by atoms with Gasteiger partial charge < -0.3 is 10.2 Å². The predicted octanol–water partition coefficient (Wildman–Crippen LogP) is 1.82. The van der Waals surface area contributed by atoms with Crippen LogP contribution in [-0.2, 0) is 0 Å². The van der Waals surface area contributed by atoms with Crippen LogP contribution in [0.4, 0.5) is 0 Å². The lowest BCUT2D eigenvalue weighted by atomic mass is 9.97. The molecule has 0 bridgehead atoms. The third-order valence-electron chi connectivity index (χ3n) is 4.46. The number of nitrogens with one attached hydrogen (secondary N) is 1. The molecule has 0 aromatic rings. The summed E-state index contributed by atoms with van der Waals surface area (Å²) in [5.41, 5.74) is 0. The summed E-state index contributed by atoms with van der Waals surface area (Å²) in [5, 5.41) is 3.45. The molecule has 1 N–H and O–H groups in total. The fourth-order valence-corrected chi connectivity index (χ4v) is 3.46. The van der Waals surface area contributed by atoms with E-state index in [0.29, 0.717) is 0 Å². The van der Waals surface area contributed by atoms with E-state index in [2.05, 4.69) is 29.1 Å². The Morgan fingerprint density at radius 2 is 1.89 bits per heavy atom. The van der Waals surface area contributed by atoms with Crippen LogP contribution in [0, 0.1) is 5.92 Å². The molecule has 2 saturated heterocycles. The highest BCUT2D eigenvalue weighted by molar-refractivity contribution is 5.85. The maximum absolute atomic E-state index is 3.45. The molecular weight excluding hydrogens is 246 g/mol. The van der Waals surface area contributed by atoms with Gasteiger partial charge in [0.1, 0.15) is 0 Å². The summed E-state index contributed by atoms with van der Waals surface area (Å²) >= 11 is 0. The predicted molar refractivity (Wildman–Crippen MR) is 80.6 cm³/mol. The number of halogens is 1. The summed E-state index contributed by atoms with van der Waals surface area (Å²) in [6.45, 7) is 9.87. The van der Waals surface area contributed by atoms with Crippen molar-refractivity contribution >= 4 is 12.4 Å². The van der Waals surface area contributed by atoms with Gasteiger partial charge in [-0.15, -0.1) is 12.4 Å². The minimum atomic E-state index is 0. The molecule has 0 amide bonds. The largest absolute Gasteiger partial charge is 0.317 e. The number of piperidine rings is 1. The standard InChI is InChI=1S/C14H29N3.ClH/c1-3-17-10-4-5-14(17)12-16(2)11-13-6-8-15-9-7-13;/h13-15H,3-12H2,1-2H3;1H. The van der Waals surface area contributed by atoms with Crippen LogP contribution >= 0.6 is 12.4 Å². The molecule has 2 aliphatic rings. The first-order valence-corrected chi connectivity index (χ1v) is 7.43. The Labute approximate surface area is 119 Å². The van der Waals surface area contributed by atoms with Gasteiger partial charge in [-0.3, -0.25) is 4.90 Å². The van der Waals surface area contributed by atoms with Crippen molar-refractivity contribution in [2.24, 2.45) is 5.92 Å². The zero-order chi connectivity index (χ0) is 12.1. The second kappa shape index (κ2) is 8.36. The first-order valence-electron chi connectivity index (χ1n) is 7.43. The Hall–Kier alpha value is 0.170. The number of rotatable bonds is 5. The molecule has 2 aliphatic heterocycles. The Morgan fingerprint density at radius 1 is 1.17 bits per heavy atom. The van der Waals surface area contributed by atoms with Crippen LogP contribution in [0.3, 0.4) is 0 Å². The van der Waals surface area contributed by atoms with E-state index < -0.39 is 0 Å². The van der Waals surface area contributed by atoms with Crippen LogP contribution in [0.1, 0.15) is 32.6 Å².